The maximum atomic E-state index is 12.5. The van der Waals surface area contributed by atoms with Gasteiger partial charge in [0.05, 0.1) is 0 Å². The molecule has 0 aromatic carbocycles. The number of carbonyl (C=O) groups excluding carboxylic acids is 4. The number of nitrogens with zero attached hydrogens (tertiary/aromatic N) is 1. The number of nitrogens with one attached hydrogen (secondary N) is 1. The van der Waals surface area contributed by atoms with Crippen LogP contribution < -0.4 is 5.32 Å². The molecular weight excluding hydrogens is 344 g/mol. The number of thioether (sulfide) groups is 1. The maximum absolute atomic E-state index is 12.5. The first kappa shape index (κ1) is 21.5. The molecule has 0 aromatic heterocycles. The van der Waals surface area contributed by atoms with Gasteiger partial charge < -0.3 is 15.0 Å². The van der Waals surface area contributed by atoms with Gasteiger partial charge in [-0.1, -0.05) is 18.7 Å². The van der Waals surface area contributed by atoms with Gasteiger partial charge >= 0.3 is 5.97 Å². The third kappa shape index (κ3) is 7.46. The van der Waals surface area contributed by atoms with Crippen molar-refractivity contribution in [2.75, 3.05) is 18.8 Å². The molecule has 8 heteroatoms. The van der Waals surface area contributed by atoms with Crippen LogP contribution in [0.2, 0.25) is 0 Å². The zero-order chi connectivity index (χ0) is 19.2. The minimum Gasteiger partial charge on any atom is -0.459 e. The summed E-state index contributed by atoms with van der Waals surface area (Å²) in [6, 6.07) is -0.570. The van der Waals surface area contributed by atoms with E-state index in [9.17, 15) is 19.2 Å². The molecule has 1 N–H and O–H groups in total. The molecule has 1 aliphatic rings. The van der Waals surface area contributed by atoms with Gasteiger partial charge in [0.15, 0.2) is 5.12 Å². The van der Waals surface area contributed by atoms with Crippen LogP contribution in [-0.2, 0) is 23.9 Å². The van der Waals surface area contributed by atoms with E-state index in [1.807, 2.05) is 0 Å². The van der Waals surface area contributed by atoms with E-state index >= 15 is 0 Å². The topological polar surface area (TPSA) is 92.8 Å². The van der Waals surface area contributed by atoms with Crippen LogP contribution in [0.1, 0.15) is 47.5 Å². The van der Waals surface area contributed by atoms with Gasteiger partial charge in [-0.25, -0.2) is 0 Å². The summed E-state index contributed by atoms with van der Waals surface area (Å²) >= 11 is 1.11. The van der Waals surface area contributed by atoms with Crippen molar-refractivity contribution in [3.8, 4) is 0 Å². The van der Waals surface area contributed by atoms with Crippen molar-refractivity contribution in [3.05, 3.63) is 0 Å². The molecule has 2 amide bonds. The lowest BCUT2D eigenvalue weighted by atomic mass is 10.1. The highest BCUT2D eigenvalue weighted by molar-refractivity contribution is 8.13. The van der Waals surface area contributed by atoms with Gasteiger partial charge in [-0.3, -0.25) is 19.2 Å². The summed E-state index contributed by atoms with van der Waals surface area (Å²) in [5.41, 5.74) is -0.610. The van der Waals surface area contributed by atoms with Gasteiger partial charge in [0, 0.05) is 25.1 Å². The van der Waals surface area contributed by atoms with Gasteiger partial charge in [0.2, 0.25) is 11.8 Å². The van der Waals surface area contributed by atoms with Crippen LogP contribution in [0, 0.1) is 5.92 Å². The first-order chi connectivity index (χ1) is 11.5. The third-order valence-electron chi connectivity index (χ3n) is 3.62. The summed E-state index contributed by atoms with van der Waals surface area (Å²) in [7, 11) is 0. The molecule has 1 rings (SSSR count). The Labute approximate surface area is 153 Å². The number of amides is 2. The van der Waals surface area contributed by atoms with Crippen molar-refractivity contribution < 1.29 is 23.9 Å². The van der Waals surface area contributed by atoms with Crippen LogP contribution in [0.3, 0.4) is 0 Å². The van der Waals surface area contributed by atoms with E-state index in [0.29, 0.717) is 18.7 Å². The summed E-state index contributed by atoms with van der Waals surface area (Å²) in [5, 5.41) is 2.52. The number of hydrogen-bond donors (Lipinski definition) is 1. The number of rotatable bonds is 6. The van der Waals surface area contributed by atoms with Crippen LogP contribution in [0.25, 0.3) is 0 Å². The molecule has 0 spiro atoms. The summed E-state index contributed by atoms with van der Waals surface area (Å²) in [5.74, 6) is -0.931. The third-order valence-corrected chi connectivity index (χ3v) is 4.70. The molecule has 142 valence electrons. The van der Waals surface area contributed by atoms with Crippen LogP contribution in [0.15, 0.2) is 0 Å². The molecule has 1 fully saturated rings. The van der Waals surface area contributed by atoms with E-state index in [-0.39, 0.29) is 29.4 Å². The molecular formula is C17H28N2O5S. The number of ether oxygens (including phenoxy) is 1. The number of carbonyl (C=O) groups is 4. The fourth-order valence-electron chi connectivity index (χ4n) is 2.55. The maximum Gasteiger partial charge on any atom is 0.325 e. The first-order valence-corrected chi connectivity index (χ1v) is 9.43. The average molecular weight is 372 g/mol. The summed E-state index contributed by atoms with van der Waals surface area (Å²) in [6.45, 7) is 8.78. The molecule has 1 aliphatic heterocycles. The highest BCUT2D eigenvalue weighted by atomic mass is 32.2. The summed E-state index contributed by atoms with van der Waals surface area (Å²) in [6.07, 6.45) is 1.31. The molecule has 0 aliphatic carbocycles. The summed E-state index contributed by atoms with van der Waals surface area (Å²) in [4.78, 5) is 49.2. The molecule has 1 unspecified atom stereocenters. The molecule has 0 radical (unpaired) electrons. The van der Waals surface area contributed by atoms with Crippen molar-refractivity contribution >= 4 is 34.7 Å². The molecule has 0 aromatic rings. The van der Waals surface area contributed by atoms with Crippen molar-refractivity contribution in [2.45, 2.75) is 59.1 Å². The van der Waals surface area contributed by atoms with Gasteiger partial charge in [-0.15, -0.1) is 0 Å². The van der Waals surface area contributed by atoms with Gasteiger partial charge in [0.25, 0.3) is 0 Å². The van der Waals surface area contributed by atoms with E-state index in [2.05, 4.69) is 5.32 Å². The fraction of sp³-hybridized carbons (Fsp3) is 0.765. The lowest BCUT2D eigenvalue weighted by Crippen LogP contribution is -2.49. The highest BCUT2D eigenvalue weighted by Crippen LogP contribution is 2.22. The zero-order valence-electron chi connectivity index (χ0n) is 15.6. The molecule has 0 bridgehead atoms. The molecule has 7 nitrogen and oxygen atoms in total. The SMILES string of the molecule is CC(=O)SCC(C)C(=O)N1CCC[C@H]1C(=O)NCC(=O)OC(C)(C)C. The van der Waals surface area contributed by atoms with Gasteiger partial charge in [-0.2, -0.15) is 0 Å². The smallest absolute Gasteiger partial charge is 0.325 e. The lowest BCUT2D eigenvalue weighted by Gasteiger charge is -2.26. The average Bonchev–Trinajstić information content (AvgIpc) is 2.97. The molecule has 1 saturated heterocycles. The van der Waals surface area contributed by atoms with Crippen molar-refractivity contribution in [2.24, 2.45) is 5.92 Å². The normalized spacial score (nSPS) is 18.6. The van der Waals surface area contributed by atoms with Crippen LogP contribution in [0.4, 0.5) is 0 Å². The van der Waals surface area contributed by atoms with E-state index in [1.165, 1.54) is 6.92 Å². The zero-order valence-corrected chi connectivity index (χ0v) is 16.4. The number of likely N-dealkylation sites (tertiary alicyclic amines) is 1. The lowest BCUT2D eigenvalue weighted by molar-refractivity contribution is -0.154. The Morgan fingerprint density at radius 3 is 2.48 bits per heavy atom. The predicted octanol–water partition coefficient (Wildman–Crippen LogP) is 1.35. The molecule has 2 atom stereocenters. The van der Waals surface area contributed by atoms with E-state index in [0.717, 1.165) is 18.2 Å². The summed E-state index contributed by atoms with van der Waals surface area (Å²) < 4.78 is 5.15. The van der Waals surface area contributed by atoms with Gasteiger partial charge in [-0.05, 0) is 33.6 Å². The quantitative estimate of drug-likeness (QED) is 0.708. The Morgan fingerprint density at radius 1 is 1.28 bits per heavy atom. The second kappa shape index (κ2) is 9.22. The largest absolute Gasteiger partial charge is 0.459 e. The van der Waals surface area contributed by atoms with Crippen LogP contribution in [0.5, 0.6) is 0 Å². The highest BCUT2D eigenvalue weighted by Gasteiger charge is 2.36. The monoisotopic (exact) mass is 372 g/mol. The van der Waals surface area contributed by atoms with E-state index in [4.69, 9.17) is 4.74 Å². The van der Waals surface area contributed by atoms with Crippen LogP contribution in [-0.4, -0.2) is 58.3 Å². The van der Waals surface area contributed by atoms with Gasteiger partial charge in [0.1, 0.15) is 18.2 Å². The Morgan fingerprint density at radius 2 is 1.92 bits per heavy atom. The Hall–Kier alpha value is -1.57. The van der Waals surface area contributed by atoms with Crippen molar-refractivity contribution in [1.82, 2.24) is 10.2 Å². The number of hydrogen-bond acceptors (Lipinski definition) is 6. The fourth-order valence-corrected chi connectivity index (χ4v) is 3.18. The van der Waals surface area contributed by atoms with Crippen molar-refractivity contribution in [3.63, 3.8) is 0 Å². The second-order valence-electron chi connectivity index (χ2n) is 7.20. The minimum absolute atomic E-state index is 0.0345. The predicted molar refractivity (Wildman–Crippen MR) is 95.9 cm³/mol. The Balaban J connectivity index is 2.55. The minimum atomic E-state index is -0.610. The molecule has 1 heterocycles. The van der Waals surface area contributed by atoms with Crippen LogP contribution >= 0.6 is 11.8 Å². The first-order valence-electron chi connectivity index (χ1n) is 8.44. The van der Waals surface area contributed by atoms with Crippen molar-refractivity contribution in [1.29, 1.82) is 0 Å². The number of esters is 1. The second-order valence-corrected chi connectivity index (χ2v) is 8.39. The Kier molecular flexibility index (Phi) is 7.92. The Bertz CT molecular complexity index is 530. The standard InChI is InChI=1S/C17H28N2O5S/c1-11(10-25-12(2)20)16(23)19-8-6-7-13(19)15(22)18-9-14(21)24-17(3,4)5/h11,13H,6-10H2,1-5H3,(H,18,22)/t11?,13-/m0/s1. The molecule has 25 heavy (non-hydrogen) atoms. The van der Waals surface area contributed by atoms with E-state index in [1.54, 1.807) is 32.6 Å². The molecule has 0 saturated carbocycles. The van der Waals surface area contributed by atoms with E-state index < -0.39 is 17.6 Å².